The molecule has 1 unspecified atom stereocenters. The third-order valence-corrected chi connectivity index (χ3v) is 3.13. The lowest BCUT2D eigenvalue weighted by molar-refractivity contribution is 0.229. The molecule has 2 N–H and O–H groups in total. The molecule has 0 amide bonds. The van der Waals surface area contributed by atoms with Gasteiger partial charge in [-0.1, -0.05) is 19.1 Å². The fourth-order valence-electron chi connectivity index (χ4n) is 2.07. The lowest BCUT2D eigenvalue weighted by atomic mass is 10.1. The van der Waals surface area contributed by atoms with E-state index in [4.69, 9.17) is 5.73 Å². The summed E-state index contributed by atoms with van der Waals surface area (Å²) in [7, 11) is 4.13. The highest BCUT2D eigenvalue weighted by Gasteiger charge is 2.12. The fourth-order valence-corrected chi connectivity index (χ4v) is 2.07. The van der Waals surface area contributed by atoms with Gasteiger partial charge in [0.05, 0.1) is 0 Å². The van der Waals surface area contributed by atoms with Crippen LogP contribution in [0.4, 0.5) is 4.39 Å². The van der Waals surface area contributed by atoms with Crippen LogP contribution >= 0.6 is 0 Å². The molecule has 0 aliphatic carbocycles. The van der Waals surface area contributed by atoms with Crippen LogP contribution in [0, 0.1) is 5.82 Å². The zero-order chi connectivity index (χ0) is 14.3. The summed E-state index contributed by atoms with van der Waals surface area (Å²) in [6, 6.07) is 6.45. The SMILES string of the molecule is CCCN(CCN(C)C)CC(N)c1cccc(F)c1. The minimum atomic E-state index is -0.219. The predicted molar refractivity (Wildman–Crippen MR) is 78.6 cm³/mol. The monoisotopic (exact) mass is 267 g/mol. The smallest absolute Gasteiger partial charge is 0.123 e. The Kier molecular flexibility index (Phi) is 6.99. The van der Waals surface area contributed by atoms with E-state index in [1.165, 1.54) is 12.1 Å². The molecule has 0 saturated carbocycles. The first-order valence-electron chi connectivity index (χ1n) is 6.91. The molecule has 1 rings (SSSR count). The van der Waals surface area contributed by atoms with Crippen molar-refractivity contribution in [3.05, 3.63) is 35.6 Å². The third kappa shape index (κ3) is 6.14. The highest BCUT2D eigenvalue weighted by atomic mass is 19.1. The Morgan fingerprint density at radius 1 is 1.21 bits per heavy atom. The normalized spacial score (nSPS) is 13.2. The van der Waals surface area contributed by atoms with Gasteiger partial charge in [-0.2, -0.15) is 0 Å². The van der Waals surface area contributed by atoms with E-state index < -0.39 is 0 Å². The van der Waals surface area contributed by atoms with Crippen molar-refractivity contribution in [3.63, 3.8) is 0 Å². The van der Waals surface area contributed by atoms with Gasteiger partial charge in [-0.25, -0.2) is 4.39 Å². The first-order chi connectivity index (χ1) is 9.02. The van der Waals surface area contributed by atoms with Gasteiger partial charge in [0.15, 0.2) is 0 Å². The highest BCUT2D eigenvalue weighted by molar-refractivity contribution is 5.20. The molecule has 0 aliphatic rings. The van der Waals surface area contributed by atoms with Crippen molar-refractivity contribution in [2.75, 3.05) is 40.3 Å². The van der Waals surface area contributed by atoms with Gasteiger partial charge in [0.2, 0.25) is 0 Å². The number of hydrogen-bond acceptors (Lipinski definition) is 3. The van der Waals surface area contributed by atoms with Gasteiger partial charge in [0, 0.05) is 25.7 Å². The highest BCUT2D eigenvalue weighted by Crippen LogP contribution is 2.13. The average Bonchev–Trinajstić information content (AvgIpc) is 2.36. The summed E-state index contributed by atoms with van der Waals surface area (Å²) in [4.78, 5) is 4.51. The van der Waals surface area contributed by atoms with E-state index in [1.54, 1.807) is 6.07 Å². The van der Waals surface area contributed by atoms with Crippen molar-refractivity contribution in [2.24, 2.45) is 5.73 Å². The maximum Gasteiger partial charge on any atom is 0.123 e. The quantitative estimate of drug-likeness (QED) is 0.783. The van der Waals surface area contributed by atoms with Gasteiger partial charge in [0.1, 0.15) is 5.82 Å². The molecule has 19 heavy (non-hydrogen) atoms. The first kappa shape index (κ1) is 16.1. The molecule has 0 bridgehead atoms. The second-order valence-electron chi connectivity index (χ2n) is 5.27. The van der Waals surface area contributed by atoms with Crippen LogP contribution in [0.3, 0.4) is 0 Å². The van der Waals surface area contributed by atoms with E-state index in [0.29, 0.717) is 0 Å². The predicted octanol–water partition coefficient (Wildman–Crippen LogP) is 2.10. The summed E-state index contributed by atoms with van der Waals surface area (Å²) in [6.07, 6.45) is 1.10. The Morgan fingerprint density at radius 3 is 2.53 bits per heavy atom. The van der Waals surface area contributed by atoms with E-state index in [2.05, 4.69) is 30.8 Å². The van der Waals surface area contributed by atoms with E-state index in [1.807, 2.05) is 6.07 Å². The number of nitrogens with two attached hydrogens (primary N) is 1. The number of benzene rings is 1. The van der Waals surface area contributed by atoms with Crippen LogP contribution in [0.2, 0.25) is 0 Å². The molecule has 4 heteroatoms. The average molecular weight is 267 g/mol. The van der Waals surface area contributed by atoms with Crippen molar-refractivity contribution < 1.29 is 4.39 Å². The van der Waals surface area contributed by atoms with Gasteiger partial charge < -0.3 is 15.5 Å². The van der Waals surface area contributed by atoms with Crippen LogP contribution in [0.15, 0.2) is 24.3 Å². The van der Waals surface area contributed by atoms with Crippen LogP contribution in [0.5, 0.6) is 0 Å². The van der Waals surface area contributed by atoms with E-state index in [9.17, 15) is 4.39 Å². The Hall–Kier alpha value is -0.970. The zero-order valence-electron chi connectivity index (χ0n) is 12.3. The summed E-state index contributed by atoms with van der Waals surface area (Å²) in [5.74, 6) is -0.219. The lowest BCUT2D eigenvalue weighted by Crippen LogP contribution is -2.37. The maximum atomic E-state index is 13.2. The van der Waals surface area contributed by atoms with Crippen molar-refractivity contribution in [1.82, 2.24) is 9.80 Å². The Balaban J connectivity index is 2.57. The number of rotatable bonds is 8. The molecule has 1 aromatic rings. The summed E-state index contributed by atoms with van der Waals surface area (Å²) in [5.41, 5.74) is 7.05. The Morgan fingerprint density at radius 2 is 1.95 bits per heavy atom. The van der Waals surface area contributed by atoms with Crippen LogP contribution in [-0.2, 0) is 0 Å². The molecule has 108 valence electrons. The van der Waals surface area contributed by atoms with Crippen molar-refractivity contribution in [1.29, 1.82) is 0 Å². The molecule has 0 spiro atoms. The van der Waals surface area contributed by atoms with Crippen molar-refractivity contribution >= 4 is 0 Å². The standard InChI is InChI=1S/C15H26FN3/c1-4-8-19(10-9-18(2)3)12-15(17)13-6-5-7-14(16)11-13/h5-7,11,15H,4,8-10,12,17H2,1-3H3. The van der Waals surface area contributed by atoms with Gasteiger partial charge in [0.25, 0.3) is 0 Å². The topological polar surface area (TPSA) is 32.5 Å². The van der Waals surface area contributed by atoms with Crippen LogP contribution in [0.25, 0.3) is 0 Å². The molecule has 0 radical (unpaired) electrons. The molecule has 0 aromatic heterocycles. The summed E-state index contributed by atoms with van der Waals surface area (Å²) in [5, 5.41) is 0. The fraction of sp³-hybridized carbons (Fsp3) is 0.600. The molecule has 1 atom stereocenters. The summed E-state index contributed by atoms with van der Waals surface area (Å²) < 4.78 is 13.2. The minimum absolute atomic E-state index is 0.135. The lowest BCUT2D eigenvalue weighted by Gasteiger charge is -2.26. The first-order valence-corrected chi connectivity index (χ1v) is 6.91. The number of likely N-dealkylation sites (N-methyl/N-ethyl adjacent to an activating group) is 1. The van der Waals surface area contributed by atoms with Crippen LogP contribution in [0.1, 0.15) is 24.9 Å². The van der Waals surface area contributed by atoms with E-state index in [-0.39, 0.29) is 11.9 Å². The van der Waals surface area contributed by atoms with Gasteiger partial charge >= 0.3 is 0 Å². The van der Waals surface area contributed by atoms with Gasteiger partial charge in [-0.05, 0) is 44.8 Å². The molecular weight excluding hydrogens is 241 g/mol. The van der Waals surface area contributed by atoms with Crippen LogP contribution in [-0.4, -0.2) is 50.1 Å². The van der Waals surface area contributed by atoms with E-state index >= 15 is 0 Å². The second-order valence-corrected chi connectivity index (χ2v) is 5.27. The molecule has 0 fully saturated rings. The molecule has 3 nitrogen and oxygen atoms in total. The number of nitrogens with zero attached hydrogens (tertiary/aromatic N) is 2. The molecule has 0 heterocycles. The zero-order valence-corrected chi connectivity index (χ0v) is 12.3. The van der Waals surface area contributed by atoms with Gasteiger partial charge in [-0.15, -0.1) is 0 Å². The molecule has 1 aromatic carbocycles. The Bertz CT molecular complexity index is 368. The maximum absolute atomic E-state index is 13.2. The summed E-state index contributed by atoms with van der Waals surface area (Å²) in [6.45, 7) is 5.96. The molecule has 0 aliphatic heterocycles. The van der Waals surface area contributed by atoms with Crippen LogP contribution < -0.4 is 5.73 Å². The van der Waals surface area contributed by atoms with E-state index in [0.717, 1.165) is 38.2 Å². The second kappa shape index (κ2) is 8.25. The molecule has 0 saturated heterocycles. The third-order valence-electron chi connectivity index (χ3n) is 3.13. The number of halogens is 1. The number of hydrogen-bond donors (Lipinski definition) is 1. The molecular formula is C15H26FN3. The van der Waals surface area contributed by atoms with Crippen molar-refractivity contribution in [2.45, 2.75) is 19.4 Å². The Labute approximate surface area is 116 Å². The minimum Gasteiger partial charge on any atom is -0.323 e. The summed E-state index contributed by atoms with van der Waals surface area (Å²) >= 11 is 0. The van der Waals surface area contributed by atoms with Gasteiger partial charge in [-0.3, -0.25) is 0 Å². The van der Waals surface area contributed by atoms with Crippen molar-refractivity contribution in [3.8, 4) is 0 Å². The largest absolute Gasteiger partial charge is 0.323 e.